The van der Waals surface area contributed by atoms with Gasteiger partial charge in [0.05, 0.1) is 6.54 Å². The Labute approximate surface area is 88.2 Å². The monoisotopic (exact) mass is 207 g/mol. The van der Waals surface area contributed by atoms with Gasteiger partial charge in [0.1, 0.15) is 6.61 Å². The van der Waals surface area contributed by atoms with E-state index < -0.39 is 6.16 Å². The summed E-state index contributed by atoms with van der Waals surface area (Å²) in [6, 6.07) is 8.04. The van der Waals surface area contributed by atoms with Gasteiger partial charge in [-0.3, -0.25) is 0 Å². The quantitative estimate of drug-likeness (QED) is 0.769. The Morgan fingerprint density at radius 2 is 2.13 bits per heavy atom. The number of anilines is 1. The molecule has 0 spiro atoms. The number of benzene rings is 1. The van der Waals surface area contributed by atoms with Crippen molar-refractivity contribution in [1.29, 1.82) is 0 Å². The van der Waals surface area contributed by atoms with Crippen molar-refractivity contribution in [2.45, 2.75) is 13.0 Å². The van der Waals surface area contributed by atoms with Crippen LogP contribution in [-0.4, -0.2) is 25.4 Å². The summed E-state index contributed by atoms with van der Waals surface area (Å²) in [6.45, 7) is 2.95. The van der Waals surface area contributed by atoms with Crippen molar-refractivity contribution in [1.82, 2.24) is 0 Å². The van der Waals surface area contributed by atoms with Crippen LogP contribution in [0, 0.1) is 6.92 Å². The molecule has 4 nitrogen and oxygen atoms in total. The van der Waals surface area contributed by atoms with Gasteiger partial charge in [-0.1, -0.05) is 17.7 Å². The minimum Gasteiger partial charge on any atom is -0.430 e. The number of aryl methyl sites for hydroxylation is 1. The van der Waals surface area contributed by atoms with E-state index in [0.29, 0.717) is 13.2 Å². The first kappa shape index (κ1) is 9.83. The Kier molecular flexibility index (Phi) is 2.76. The standard InChI is InChI=1S/C11H13NO3/c1-8-2-4-9(5-3-8)12-6-10-7-14-11(13)15-10/h2-5,10,12H,6-7H2,1H3. The molecule has 2 rings (SSSR count). The van der Waals surface area contributed by atoms with Crippen LogP contribution in [-0.2, 0) is 9.47 Å². The van der Waals surface area contributed by atoms with Crippen molar-refractivity contribution in [2.75, 3.05) is 18.5 Å². The Bertz CT molecular complexity index is 347. The van der Waals surface area contributed by atoms with Crippen LogP contribution in [0.3, 0.4) is 0 Å². The maximum absolute atomic E-state index is 10.6. The molecule has 0 bridgehead atoms. The number of carbonyl (C=O) groups excluding carboxylic acids is 1. The highest BCUT2D eigenvalue weighted by molar-refractivity contribution is 5.62. The van der Waals surface area contributed by atoms with Crippen LogP contribution < -0.4 is 5.32 Å². The van der Waals surface area contributed by atoms with Crippen molar-refractivity contribution in [3.63, 3.8) is 0 Å². The molecule has 1 unspecified atom stereocenters. The van der Waals surface area contributed by atoms with E-state index in [2.05, 4.69) is 10.1 Å². The van der Waals surface area contributed by atoms with Gasteiger partial charge >= 0.3 is 6.16 Å². The van der Waals surface area contributed by atoms with Crippen LogP contribution >= 0.6 is 0 Å². The summed E-state index contributed by atoms with van der Waals surface area (Å²) in [4.78, 5) is 10.6. The van der Waals surface area contributed by atoms with Gasteiger partial charge in [0.15, 0.2) is 6.10 Å². The van der Waals surface area contributed by atoms with Crippen LogP contribution in [0.4, 0.5) is 10.5 Å². The minimum absolute atomic E-state index is 0.182. The van der Waals surface area contributed by atoms with E-state index in [4.69, 9.17) is 4.74 Å². The van der Waals surface area contributed by atoms with Crippen LogP contribution in [0.1, 0.15) is 5.56 Å². The fourth-order valence-electron chi connectivity index (χ4n) is 1.37. The zero-order valence-corrected chi connectivity index (χ0v) is 8.53. The third kappa shape index (κ3) is 2.62. The highest BCUT2D eigenvalue weighted by Gasteiger charge is 2.24. The predicted molar refractivity (Wildman–Crippen MR) is 55.9 cm³/mol. The van der Waals surface area contributed by atoms with Crippen LogP contribution in [0.15, 0.2) is 24.3 Å². The molecular formula is C11H13NO3. The molecule has 1 aromatic carbocycles. The fraction of sp³-hybridized carbons (Fsp3) is 0.364. The lowest BCUT2D eigenvalue weighted by Gasteiger charge is -2.09. The van der Waals surface area contributed by atoms with Crippen molar-refractivity contribution in [2.24, 2.45) is 0 Å². The molecule has 4 heteroatoms. The second kappa shape index (κ2) is 4.21. The topological polar surface area (TPSA) is 47.6 Å². The van der Waals surface area contributed by atoms with Crippen LogP contribution in [0.2, 0.25) is 0 Å². The molecule has 15 heavy (non-hydrogen) atoms. The van der Waals surface area contributed by atoms with E-state index in [9.17, 15) is 4.79 Å². The van der Waals surface area contributed by atoms with Crippen molar-refractivity contribution in [3.05, 3.63) is 29.8 Å². The molecule has 1 aliphatic rings. The molecule has 1 fully saturated rings. The molecule has 1 heterocycles. The first-order valence-electron chi connectivity index (χ1n) is 4.88. The van der Waals surface area contributed by atoms with Crippen LogP contribution in [0.5, 0.6) is 0 Å². The third-order valence-electron chi connectivity index (χ3n) is 2.24. The Morgan fingerprint density at radius 3 is 2.73 bits per heavy atom. The van der Waals surface area contributed by atoms with Crippen molar-refractivity contribution >= 4 is 11.8 Å². The highest BCUT2D eigenvalue weighted by atomic mass is 16.8. The van der Waals surface area contributed by atoms with Gasteiger partial charge < -0.3 is 14.8 Å². The molecule has 1 saturated heterocycles. The molecule has 0 aromatic heterocycles. The molecule has 0 amide bonds. The summed E-state index contributed by atoms with van der Waals surface area (Å²) in [5.74, 6) is 0. The molecule has 1 aromatic rings. The number of ether oxygens (including phenoxy) is 2. The minimum atomic E-state index is -0.578. The second-order valence-electron chi connectivity index (χ2n) is 3.55. The highest BCUT2D eigenvalue weighted by Crippen LogP contribution is 2.11. The van der Waals surface area contributed by atoms with Crippen LogP contribution in [0.25, 0.3) is 0 Å². The lowest BCUT2D eigenvalue weighted by molar-refractivity contribution is 0.120. The zero-order valence-electron chi connectivity index (χ0n) is 8.53. The number of rotatable bonds is 3. The number of carbonyl (C=O) groups is 1. The maximum atomic E-state index is 10.6. The summed E-state index contributed by atoms with van der Waals surface area (Å²) in [7, 11) is 0. The van der Waals surface area contributed by atoms with E-state index in [-0.39, 0.29) is 6.10 Å². The number of nitrogens with one attached hydrogen (secondary N) is 1. The molecule has 1 aliphatic heterocycles. The van der Waals surface area contributed by atoms with E-state index in [1.165, 1.54) is 5.56 Å². The summed E-state index contributed by atoms with van der Waals surface area (Å²) in [5.41, 5.74) is 2.24. The van der Waals surface area contributed by atoms with Gasteiger partial charge in [-0.2, -0.15) is 0 Å². The Morgan fingerprint density at radius 1 is 1.40 bits per heavy atom. The predicted octanol–water partition coefficient (Wildman–Crippen LogP) is 1.94. The van der Waals surface area contributed by atoms with Gasteiger partial charge in [0.2, 0.25) is 0 Å². The summed E-state index contributed by atoms with van der Waals surface area (Å²) in [6.07, 6.45) is -0.760. The summed E-state index contributed by atoms with van der Waals surface area (Å²) < 4.78 is 9.55. The Balaban J connectivity index is 1.83. The van der Waals surface area contributed by atoms with Gasteiger partial charge in [-0.15, -0.1) is 0 Å². The van der Waals surface area contributed by atoms with E-state index in [1.807, 2.05) is 31.2 Å². The number of cyclic esters (lactones) is 2. The van der Waals surface area contributed by atoms with Crippen molar-refractivity contribution < 1.29 is 14.3 Å². The molecule has 80 valence electrons. The first-order chi connectivity index (χ1) is 7.24. The smallest absolute Gasteiger partial charge is 0.430 e. The SMILES string of the molecule is Cc1ccc(NCC2COC(=O)O2)cc1. The maximum Gasteiger partial charge on any atom is 0.508 e. The molecule has 0 saturated carbocycles. The summed E-state index contributed by atoms with van der Waals surface area (Å²) in [5, 5.41) is 3.18. The molecule has 0 aliphatic carbocycles. The lowest BCUT2D eigenvalue weighted by atomic mass is 10.2. The number of hydrogen-bond donors (Lipinski definition) is 1. The van der Waals surface area contributed by atoms with Crippen molar-refractivity contribution in [3.8, 4) is 0 Å². The van der Waals surface area contributed by atoms with Gasteiger partial charge in [-0.05, 0) is 19.1 Å². The molecule has 1 N–H and O–H groups in total. The van der Waals surface area contributed by atoms with E-state index in [1.54, 1.807) is 0 Å². The van der Waals surface area contributed by atoms with E-state index >= 15 is 0 Å². The summed E-state index contributed by atoms with van der Waals surface area (Å²) >= 11 is 0. The molecule has 1 atom stereocenters. The molecule has 0 radical (unpaired) electrons. The van der Waals surface area contributed by atoms with Gasteiger partial charge in [0, 0.05) is 5.69 Å². The first-order valence-corrected chi connectivity index (χ1v) is 4.88. The van der Waals surface area contributed by atoms with Gasteiger partial charge in [0.25, 0.3) is 0 Å². The van der Waals surface area contributed by atoms with Gasteiger partial charge in [-0.25, -0.2) is 4.79 Å². The molecular weight excluding hydrogens is 194 g/mol. The lowest BCUT2D eigenvalue weighted by Crippen LogP contribution is -2.21. The zero-order chi connectivity index (χ0) is 10.7. The fourth-order valence-corrected chi connectivity index (χ4v) is 1.37. The Hall–Kier alpha value is -1.71. The third-order valence-corrected chi connectivity index (χ3v) is 2.24. The number of hydrogen-bond acceptors (Lipinski definition) is 4. The second-order valence-corrected chi connectivity index (χ2v) is 3.55. The van der Waals surface area contributed by atoms with E-state index in [0.717, 1.165) is 5.69 Å². The average molecular weight is 207 g/mol. The normalized spacial score (nSPS) is 19.5. The largest absolute Gasteiger partial charge is 0.508 e. The average Bonchev–Trinajstić information content (AvgIpc) is 2.64.